The molecule has 0 aliphatic carbocycles. The lowest BCUT2D eigenvalue weighted by atomic mass is 9.96. The molecule has 0 radical (unpaired) electrons. The van der Waals surface area contributed by atoms with E-state index in [9.17, 15) is 0 Å². The van der Waals surface area contributed by atoms with Crippen LogP contribution in [0.25, 0.3) is 60.9 Å². The Balaban J connectivity index is 1.27. The van der Waals surface area contributed by atoms with Gasteiger partial charge in [-0.1, -0.05) is 121 Å². The lowest BCUT2D eigenvalue weighted by molar-refractivity contribution is 1.18. The molecule has 0 atom stereocenters. The first kappa shape index (κ1) is 22.3. The fraction of sp³-hybridized carbons (Fsp3) is 0.0270. The Kier molecular flexibility index (Phi) is 5.41. The van der Waals surface area contributed by atoms with Crippen LogP contribution in [-0.2, 0) is 0 Å². The third-order valence-electron chi connectivity index (χ3n) is 7.45. The Bertz CT molecular complexity index is 1870. The highest BCUT2D eigenvalue weighted by molar-refractivity contribution is 6.09. The zero-order valence-electron chi connectivity index (χ0n) is 21.3. The average Bonchev–Trinajstić information content (AvgIpc) is 3.32. The first-order valence-electron chi connectivity index (χ1n) is 13.1. The maximum absolute atomic E-state index is 2.38. The van der Waals surface area contributed by atoms with Gasteiger partial charge in [-0.2, -0.15) is 0 Å². The number of rotatable bonds is 4. The quantitative estimate of drug-likeness (QED) is 0.234. The van der Waals surface area contributed by atoms with Gasteiger partial charge in [-0.3, -0.25) is 0 Å². The number of benzene rings is 6. The van der Waals surface area contributed by atoms with E-state index in [1.165, 1.54) is 66.4 Å². The van der Waals surface area contributed by atoms with Gasteiger partial charge in [-0.05, 0) is 70.6 Å². The Labute approximate surface area is 223 Å². The minimum atomic E-state index is 1.17. The molecule has 0 fully saturated rings. The number of nitrogens with zero attached hydrogens (tertiary/aromatic N) is 1. The topological polar surface area (TPSA) is 4.93 Å². The summed E-state index contributed by atoms with van der Waals surface area (Å²) >= 11 is 0. The molecule has 1 heteroatoms. The molecule has 0 aliphatic rings. The van der Waals surface area contributed by atoms with E-state index in [1.54, 1.807) is 0 Å². The van der Waals surface area contributed by atoms with Crippen molar-refractivity contribution in [3.63, 3.8) is 0 Å². The second-order valence-electron chi connectivity index (χ2n) is 9.95. The summed E-state index contributed by atoms with van der Waals surface area (Å²) in [6.07, 6.45) is 0. The number of fused-ring (bicyclic) bond motifs is 3. The van der Waals surface area contributed by atoms with Gasteiger partial charge in [-0.25, -0.2) is 0 Å². The zero-order valence-corrected chi connectivity index (χ0v) is 21.3. The highest BCUT2D eigenvalue weighted by Crippen LogP contribution is 2.34. The van der Waals surface area contributed by atoms with E-state index in [0.717, 1.165) is 0 Å². The second kappa shape index (κ2) is 9.21. The summed E-state index contributed by atoms with van der Waals surface area (Å²) in [6.45, 7) is 2.14. The lowest BCUT2D eigenvalue weighted by Gasteiger charge is -2.11. The van der Waals surface area contributed by atoms with Crippen LogP contribution in [-0.4, -0.2) is 4.57 Å². The summed E-state index contributed by atoms with van der Waals surface area (Å²) < 4.78 is 2.38. The predicted molar refractivity (Wildman–Crippen MR) is 162 cm³/mol. The van der Waals surface area contributed by atoms with Gasteiger partial charge in [0.25, 0.3) is 0 Å². The SMILES string of the molecule is Cc1cccc(-c2ccc(-c3cccc(-c4cccc(-n5c6ccccc6c6ccccc65)c4)c3)cc2)c1. The minimum Gasteiger partial charge on any atom is -0.309 e. The number of aromatic nitrogens is 1. The molecule has 0 bridgehead atoms. The molecular weight excluding hydrogens is 458 g/mol. The van der Waals surface area contributed by atoms with Crippen LogP contribution >= 0.6 is 0 Å². The number of aryl methyl sites for hydroxylation is 1. The van der Waals surface area contributed by atoms with Crippen molar-refractivity contribution < 1.29 is 0 Å². The fourth-order valence-corrected chi connectivity index (χ4v) is 5.58. The highest BCUT2D eigenvalue weighted by Gasteiger charge is 2.12. The minimum absolute atomic E-state index is 1.17. The van der Waals surface area contributed by atoms with E-state index in [2.05, 4.69) is 157 Å². The Morgan fingerprint density at radius 3 is 1.45 bits per heavy atom. The van der Waals surface area contributed by atoms with Gasteiger partial charge in [0.1, 0.15) is 0 Å². The van der Waals surface area contributed by atoms with Crippen molar-refractivity contribution in [2.24, 2.45) is 0 Å². The first-order chi connectivity index (χ1) is 18.7. The summed E-state index contributed by atoms with van der Waals surface area (Å²) in [7, 11) is 0. The number of hydrogen-bond acceptors (Lipinski definition) is 0. The normalized spacial score (nSPS) is 11.3. The van der Waals surface area contributed by atoms with Crippen molar-refractivity contribution in [1.29, 1.82) is 0 Å². The molecule has 0 saturated carbocycles. The van der Waals surface area contributed by atoms with Crippen molar-refractivity contribution in [1.82, 2.24) is 4.57 Å². The molecule has 1 nitrogen and oxygen atoms in total. The van der Waals surface area contributed by atoms with Crippen molar-refractivity contribution >= 4 is 21.8 Å². The molecule has 0 unspecified atom stereocenters. The molecule has 0 aliphatic heterocycles. The highest BCUT2D eigenvalue weighted by atomic mass is 15.0. The van der Waals surface area contributed by atoms with E-state index in [1.807, 2.05) is 0 Å². The third kappa shape index (κ3) is 3.90. The van der Waals surface area contributed by atoms with Crippen molar-refractivity contribution in [3.05, 3.63) is 151 Å². The van der Waals surface area contributed by atoms with Crippen LogP contribution in [0.1, 0.15) is 5.56 Å². The molecule has 1 aromatic heterocycles. The molecule has 0 N–H and O–H groups in total. The van der Waals surface area contributed by atoms with Crippen LogP contribution in [0, 0.1) is 6.92 Å². The monoisotopic (exact) mass is 485 g/mol. The van der Waals surface area contributed by atoms with Gasteiger partial charge in [0.2, 0.25) is 0 Å². The molecule has 1 heterocycles. The molecule has 7 aromatic rings. The molecule has 0 amide bonds. The summed E-state index contributed by atoms with van der Waals surface area (Å²) in [6, 6.07) is 52.6. The van der Waals surface area contributed by atoms with Gasteiger partial charge in [-0.15, -0.1) is 0 Å². The zero-order chi connectivity index (χ0) is 25.5. The van der Waals surface area contributed by atoms with E-state index in [-0.39, 0.29) is 0 Å². The standard InChI is InChI=1S/C37H27N/c1-26-9-6-10-29(23-26)27-19-21-28(22-20-27)30-11-7-12-31(24-30)32-13-8-14-33(25-32)38-36-17-4-2-15-34(36)35-16-3-5-18-37(35)38/h2-25H,1H3. The van der Waals surface area contributed by atoms with Crippen molar-refractivity contribution in [3.8, 4) is 39.1 Å². The summed E-state index contributed by atoms with van der Waals surface area (Å²) in [5.74, 6) is 0. The van der Waals surface area contributed by atoms with Crippen LogP contribution in [0.2, 0.25) is 0 Å². The summed E-state index contributed by atoms with van der Waals surface area (Å²) in [5.41, 5.74) is 12.3. The van der Waals surface area contributed by atoms with Gasteiger partial charge in [0.05, 0.1) is 11.0 Å². The predicted octanol–water partition coefficient (Wildman–Crippen LogP) is 10.1. The average molecular weight is 486 g/mol. The molecular formula is C37H27N. The van der Waals surface area contributed by atoms with E-state index in [4.69, 9.17) is 0 Å². The second-order valence-corrected chi connectivity index (χ2v) is 9.95. The fourth-order valence-electron chi connectivity index (χ4n) is 5.58. The maximum Gasteiger partial charge on any atom is 0.0541 e. The van der Waals surface area contributed by atoms with Gasteiger partial charge >= 0.3 is 0 Å². The van der Waals surface area contributed by atoms with E-state index >= 15 is 0 Å². The molecule has 38 heavy (non-hydrogen) atoms. The van der Waals surface area contributed by atoms with Crippen LogP contribution in [0.5, 0.6) is 0 Å². The summed E-state index contributed by atoms with van der Waals surface area (Å²) in [5, 5.41) is 2.56. The number of para-hydroxylation sites is 2. The van der Waals surface area contributed by atoms with Crippen LogP contribution in [0.15, 0.2) is 146 Å². The smallest absolute Gasteiger partial charge is 0.0541 e. The number of hydrogen-bond donors (Lipinski definition) is 0. The first-order valence-corrected chi connectivity index (χ1v) is 13.1. The van der Waals surface area contributed by atoms with Gasteiger partial charge in [0.15, 0.2) is 0 Å². The largest absolute Gasteiger partial charge is 0.309 e. The van der Waals surface area contributed by atoms with Crippen molar-refractivity contribution in [2.45, 2.75) is 6.92 Å². The van der Waals surface area contributed by atoms with Gasteiger partial charge in [0, 0.05) is 16.5 Å². The molecule has 7 rings (SSSR count). The van der Waals surface area contributed by atoms with E-state index < -0.39 is 0 Å². The van der Waals surface area contributed by atoms with E-state index in [0.29, 0.717) is 0 Å². The maximum atomic E-state index is 2.38. The molecule has 0 spiro atoms. The van der Waals surface area contributed by atoms with Crippen LogP contribution < -0.4 is 0 Å². The van der Waals surface area contributed by atoms with Crippen LogP contribution in [0.4, 0.5) is 0 Å². The third-order valence-corrected chi connectivity index (χ3v) is 7.45. The molecule has 0 saturated heterocycles. The van der Waals surface area contributed by atoms with Gasteiger partial charge < -0.3 is 4.57 Å². The lowest BCUT2D eigenvalue weighted by Crippen LogP contribution is -1.94. The Morgan fingerprint density at radius 2 is 0.842 bits per heavy atom. The summed E-state index contributed by atoms with van der Waals surface area (Å²) in [4.78, 5) is 0. The van der Waals surface area contributed by atoms with Crippen molar-refractivity contribution in [2.75, 3.05) is 0 Å². The Hall–Kier alpha value is -4.88. The Morgan fingerprint density at radius 1 is 0.368 bits per heavy atom. The molecule has 6 aromatic carbocycles. The molecule has 180 valence electrons. The van der Waals surface area contributed by atoms with Crippen LogP contribution in [0.3, 0.4) is 0 Å².